The summed E-state index contributed by atoms with van der Waals surface area (Å²) in [6.45, 7) is 5.53. The Morgan fingerprint density at radius 3 is 2.80 bits per heavy atom. The lowest BCUT2D eigenvalue weighted by Gasteiger charge is -2.26. The van der Waals surface area contributed by atoms with E-state index in [4.69, 9.17) is 0 Å². The highest BCUT2D eigenvalue weighted by Gasteiger charge is 2.22. The highest BCUT2D eigenvalue weighted by Crippen LogP contribution is 2.29. The van der Waals surface area contributed by atoms with E-state index in [1.807, 2.05) is 0 Å². The summed E-state index contributed by atoms with van der Waals surface area (Å²) < 4.78 is 2.35. The zero-order chi connectivity index (χ0) is 10.3. The molecule has 0 bridgehead atoms. The number of aryl methyl sites for hydroxylation is 1. The monoisotopic (exact) mass is 200 g/mol. The van der Waals surface area contributed by atoms with Crippen LogP contribution in [0.25, 0.3) is 10.9 Å². The minimum Gasteiger partial charge on any atom is -0.347 e. The number of hydrogen-bond acceptors (Lipinski definition) is 1. The molecule has 1 fully saturated rings. The molecule has 1 aromatic carbocycles. The first-order valence-electron chi connectivity index (χ1n) is 5.68. The molecule has 3 rings (SSSR count). The first kappa shape index (κ1) is 8.98. The summed E-state index contributed by atoms with van der Waals surface area (Å²) in [6, 6.07) is 8.72. The zero-order valence-electron chi connectivity index (χ0n) is 9.03. The topological polar surface area (TPSA) is 17.0 Å². The number of hydrogen-bond donors (Lipinski definition) is 1. The maximum Gasteiger partial charge on any atom is 0.0483 e. The van der Waals surface area contributed by atoms with Crippen LogP contribution in [0.15, 0.2) is 30.5 Å². The Balaban J connectivity index is 2.20. The van der Waals surface area contributed by atoms with E-state index in [0.717, 1.165) is 25.6 Å². The Hall–Kier alpha value is -1.28. The van der Waals surface area contributed by atoms with Gasteiger partial charge in [-0.25, -0.2) is 0 Å². The van der Waals surface area contributed by atoms with Gasteiger partial charge in [0, 0.05) is 42.7 Å². The number of nitrogens with one attached hydrogen (secondary N) is 1. The van der Waals surface area contributed by atoms with Crippen molar-refractivity contribution in [3.05, 3.63) is 36.0 Å². The predicted molar refractivity (Wildman–Crippen MR) is 63.2 cm³/mol. The molecule has 0 aliphatic carbocycles. The lowest BCUT2D eigenvalue weighted by molar-refractivity contribution is 0.450. The Morgan fingerprint density at radius 2 is 2.13 bits per heavy atom. The van der Waals surface area contributed by atoms with Gasteiger partial charge in [0.05, 0.1) is 0 Å². The molecule has 0 radical (unpaired) electrons. The molecule has 0 amide bonds. The summed E-state index contributed by atoms with van der Waals surface area (Å²) in [7, 11) is 0. The number of nitrogens with zero attached hydrogens (tertiary/aromatic N) is 1. The second-order valence-corrected chi connectivity index (χ2v) is 4.24. The minimum absolute atomic E-state index is 0.725. The van der Waals surface area contributed by atoms with Crippen LogP contribution in [-0.2, 0) is 6.54 Å². The fourth-order valence-corrected chi connectivity index (χ4v) is 2.37. The van der Waals surface area contributed by atoms with Crippen molar-refractivity contribution in [2.24, 2.45) is 0 Å². The van der Waals surface area contributed by atoms with Crippen molar-refractivity contribution in [3.63, 3.8) is 0 Å². The van der Waals surface area contributed by atoms with Crippen molar-refractivity contribution in [1.29, 1.82) is 0 Å². The number of benzene rings is 1. The Kier molecular flexibility index (Phi) is 2.03. The van der Waals surface area contributed by atoms with E-state index in [9.17, 15) is 0 Å². The van der Waals surface area contributed by atoms with Gasteiger partial charge in [-0.15, -0.1) is 0 Å². The van der Waals surface area contributed by atoms with Crippen molar-refractivity contribution in [3.8, 4) is 0 Å². The van der Waals surface area contributed by atoms with Crippen molar-refractivity contribution >= 4 is 10.9 Å². The quantitative estimate of drug-likeness (QED) is 0.787. The van der Waals surface area contributed by atoms with Crippen molar-refractivity contribution in [2.75, 3.05) is 13.1 Å². The van der Waals surface area contributed by atoms with Gasteiger partial charge >= 0.3 is 0 Å². The van der Waals surface area contributed by atoms with Gasteiger partial charge in [0.15, 0.2) is 0 Å². The van der Waals surface area contributed by atoms with Crippen molar-refractivity contribution < 1.29 is 0 Å². The fourth-order valence-electron chi connectivity index (χ4n) is 2.37. The SMILES string of the molecule is CCn1cc(C2CNC2)c2ccccc21. The molecule has 0 unspecified atom stereocenters. The highest BCUT2D eigenvalue weighted by molar-refractivity contribution is 5.84. The van der Waals surface area contributed by atoms with Crippen LogP contribution in [0.1, 0.15) is 18.4 Å². The fraction of sp³-hybridized carbons (Fsp3) is 0.385. The summed E-state index contributed by atoms with van der Waals surface area (Å²) in [5.74, 6) is 0.725. The van der Waals surface area contributed by atoms with Crippen LogP contribution in [-0.4, -0.2) is 17.7 Å². The molecule has 1 N–H and O–H groups in total. The summed E-state index contributed by atoms with van der Waals surface area (Å²) in [4.78, 5) is 0. The molecular weight excluding hydrogens is 184 g/mol. The Morgan fingerprint density at radius 1 is 1.33 bits per heavy atom. The molecule has 2 aromatic rings. The Labute approximate surface area is 89.9 Å². The average Bonchev–Trinajstić information content (AvgIpc) is 2.55. The van der Waals surface area contributed by atoms with Gasteiger partial charge in [-0.1, -0.05) is 18.2 Å². The van der Waals surface area contributed by atoms with Gasteiger partial charge in [0.25, 0.3) is 0 Å². The largest absolute Gasteiger partial charge is 0.347 e. The highest BCUT2D eigenvalue weighted by atomic mass is 15.0. The summed E-state index contributed by atoms with van der Waals surface area (Å²) in [6.07, 6.45) is 2.33. The lowest BCUT2D eigenvalue weighted by Crippen LogP contribution is -2.39. The summed E-state index contributed by atoms with van der Waals surface area (Å²) in [5.41, 5.74) is 2.90. The van der Waals surface area contributed by atoms with E-state index in [1.54, 1.807) is 0 Å². The van der Waals surface area contributed by atoms with E-state index >= 15 is 0 Å². The van der Waals surface area contributed by atoms with Crippen LogP contribution in [0.5, 0.6) is 0 Å². The molecule has 78 valence electrons. The van der Waals surface area contributed by atoms with Crippen molar-refractivity contribution in [2.45, 2.75) is 19.4 Å². The number of rotatable bonds is 2. The van der Waals surface area contributed by atoms with Gasteiger partial charge in [-0.05, 0) is 18.6 Å². The van der Waals surface area contributed by atoms with Crippen LogP contribution in [0.4, 0.5) is 0 Å². The molecule has 2 nitrogen and oxygen atoms in total. The van der Waals surface area contributed by atoms with Crippen molar-refractivity contribution in [1.82, 2.24) is 9.88 Å². The third-order valence-corrected chi connectivity index (χ3v) is 3.38. The maximum absolute atomic E-state index is 3.34. The minimum atomic E-state index is 0.725. The van der Waals surface area contributed by atoms with Crippen LogP contribution in [0, 0.1) is 0 Å². The average molecular weight is 200 g/mol. The first-order valence-corrected chi connectivity index (χ1v) is 5.68. The lowest BCUT2D eigenvalue weighted by atomic mass is 9.93. The first-order chi connectivity index (χ1) is 7.40. The number of fused-ring (bicyclic) bond motifs is 1. The third kappa shape index (κ3) is 1.29. The molecule has 0 saturated carbocycles. The standard InChI is InChI=1S/C13H16N2/c1-2-15-9-12(10-7-14-8-10)11-5-3-4-6-13(11)15/h3-6,9-10,14H,2,7-8H2,1H3. The Bertz CT molecular complexity index is 480. The van der Waals surface area contributed by atoms with Crippen LogP contribution < -0.4 is 5.32 Å². The molecule has 1 aliphatic rings. The molecule has 1 aliphatic heterocycles. The van der Waals surface area contributed by atoms with Gasteiger partial charge in [0.2, 0.25) is 0 Å². The smallest absolute Gasteiger partial charge is 0.0483 e. The number of aromatic nitrogens is 1. The van der Waals surface area contributed by atoms with Crippen LogP contribution >= 0.6 is 0 Å². The molecule has 1 aromatic heterocycles. The summed E-state index contributed by atoms with van der Waals surface area (Å²) in [5, 5.41) is 4.78. The molecule has 2 heteroatoms. The van der Waals surface area contributed by atoms with E-state index < -0.39 is 0 Å². The normalized spacial score (nSPS) is 16.9. The van der Waals surface area contributed by atoms with Gasteiger partial charge in [0.1, 0.15) is 0 Å². The third-order valence-electron chi connectivity index (χ3n) is 3.38. The zero-order valence-corrected chi connectivity index (χ0v) is 9.03. The van der Waals surface area contributed by atoms with Gasteiger partial charge in [-0.2, -0.15) is 0 Å². The second-order valence-electron chi connectivity index (χ2n) is 4.24. The molecular formula is C13H16N2. The van der Waals surface area contributed by atoms with Gasteiger partial charge in [-0.3, -0.25) is 0 Å². The molecule has 0 spiro atoms. The van der Waals surface area contributed by atoms with E-state index in [0.29, 0.717) is 0 Å². The summed E-state index contributed by atoms with van der Waals surface area (Å²) >= 11 is 0. The van der Waals surface area contributed by atoms with E-state index in [-0.39, 0.29) is 0 Å². The van der Waals surface area contributed by atoms with Gasteiger partial charge < -0.3 is 9.88 Å². The maximum atomic E-state index is 3.34. The second kappa shape index (κ2) is 3.38. The molecule has 15 heavy (non-hydrogen) atoms. The van der Waals surface area contributed by atoms with E-state index in [1.165, 1.54) is 16.5 Å². The van der Waals surface area contributed by atoms with E-state index in [2.05, 4.69) is 47.3 Å². The molecule has 1 saturated heterocycles. The van der Waals surface area contributed by atoms with Crippen LogP contribution in [0.3, 0.4) is 0 Å². The molecule has 0 atom stereocenters. The molecule has 2 heterocycles. The predicted octanol–water partition coefficient (Wildman–Crippen LogP) is 2.35. The van der Waals surface area contributed by atoms with Crippen LogP contribution in [0.2, 0.25) is 0 Å². The number of para-hydroxylation sites is 1.